The fraction of sp³-hybridized carbons (Fsp3) is 0.462. The van der Waals surface area contributed by atoms with E-state index in [1.165, 1.54) is 25.3 Å². The lowest BCUT2D eigenvalue weighted by Crippen LogP contribution is -2.36. The van der Waals surface area contributed by atoms with Gasteiger partial charge < -0.3 is 9.80 Å². The third kappa shape index (κ3) is 3.07. The normalized spacial score (nSPS) is 16.1. The molecule has 1 aliphatic rings. The lowest BCUT2D eigenvalue weighted by Gasteiger charge is -2.21. The Balaban J connectivity index is 2.08. The molecular formula is C13H16FN3O2. The predicted octanol–water partition coefficient (Wildman–Crippen LogP) is 0.915. The van der Waals surface area contributed by atoms with Crippen molar-refractivity contribution in [3.05, 3.63) is 29.8 Å². The van der Waals surface area contributed by atoms with Crippen molar-refractivity contribution in [1.29, 1.82) is 0 Å². The number of carbonyl (C=O) groups is 2. The largest absolute Gasteiger partial charge is 0.341 e. The lowest BCUT2D eigenvalue weighted by molar-refractivity contribution is -0.128. The maximum Gasteiger partial charge on any atom is 0.258 e. The molecule has 0 N–H and O–H groups in total. The number of nitrogens with zero attached hydrogens (tertiary/aromatic N) is 3. The Labute approximate surface area is 111 Å². The van der Waals surface area contributed by atoms with Gasteiger partial charge in [0.05, 0.1) is 5.56 Å². The van der Waals surface area contributed by atoms with Crippen molar-refractivity contribution in [3.8, 4) is 0 Å². The number of hydrogen-bond acceptors (Lipinski definition) is 3. The van der Waals surface area contributed by atoms with Crippen LogP contribution in [0.4, 0.5) is 4.39 Å². The first-order valence-corrected chi connectivity index (χ1v) is 6.25. The summed E-state index contributed by atoms with van der Waals surface area (Å²) in [6.45, 7) is 3.58. The van der Waals surface area contributed by atoms with Crippen molar-refractivity contribution in [2.75, 3.05) is 26.2 Å². The Hall–Kier alpha value is -1.98. The average molecular weight is 265 g/mol. The van der Waals surface area contributed by atoms with Gasteiger partial charge in [0, 0.05) is 39.3 Å². The van der Waals surface area contributed by atoms with E-state index in [4.69, 9.17) is 0 Å². The molecule has 0 bridgehead atoms. The van der Waals surface area contributed by atoms with E-state index in [0.29, 0.717) is 32.6 Å². The standard InChI is InChI=1S/C13H16FN3O2/c1-10(18)16-6-3-7-17(9-8-16)13(19)11-4-2-5-15-12(11)14/h2,4-5H,3,6-9H2,1H3. The summed E-state index contributed by atoms with van der Waals surface area (Å²) in [5, 5.41) is 0. The number of hydrogen-bond donors (Lipinski definition) is 0. The number of rotatable bonds is 1. The number of carbonyl (C=O) groups excluding carboxylic acids is 2. The highest BCUT2D eigenvalue weighted by molar-refractivity contribution is 5.94. The van der Waals surface area contributed by atoms with E-state index >= 15 is 0 Å². The Morgan fingerprint density at radius 2 is 1.89 bits per heavy atom. The number of amides is 2. The molecular weight excluding hydrogens is 249 g/mol. The molecule has 0 aromatic carbocycles. The molecule has 2 heterocycles. The minimum atomic E-state index is -0.750. The van der Waals surface area contributed by atoms with Crippen molar-refractivity contribution in [3.63, 3.8) is 0 Å². The summed E-state index contributed by atoms with van der Waals surface area (Å²) < 4.78 is 13.5. The van der Waals surface area contributed by atoms with Crippen molar-refractivity contribution in [2.45, 2.75) is 13.3 Å². The highest BCUT2D eigenvalue weighted by atomic mass is 19.1. The molecule has 2 rings (SSSR count). The third-order valence-corrected chi connectivity index (χ3v) is 3.22. The van der Waals surface area contributed by atoms with Crippen LogP contribution in [0, 0.1) is 5.95 Å². The van der Waals surface area contributed by atoms with Gasteiger partial charge in [-0.15, -0.1) is 0 Å². The minimum Gasteiger partial charge on any atom is -0.341 e. The van der Waals surface area contributed by atoms with Gasteiger partial charge in [-0.25, -0.2) is 4.98 Å². The van der Waals surface area contributed by atoms with Crippen molar-refractivity contribution >= 4 is 11.8 Å². The van der Waals surface area contributed by atoms with E-state index in [2.05, 4.69) is 4.98 Å². The molecule has 0 unspecified atom stereocenters. The summed E-state index contributed by atoms with van der Waals surface area (Å²) in [4.78, 5) is 30.3. The first-order chi connectivity index (χ1) is 9.09. The second-order valence-electron chi connectivity index (χ2n) is 4.49. The molecule has 1 aromatic rings. The molecule has 1 saturated heterocycles. The molecule has 1 aromatic heterocycles. The van der Waals surface area contributed by atoms with Gasteiger partial charge in [0.25, 0.3) is 5.91 Å². The Bertz CT molecular complexity index is 493. The smallest absolute Gasteiger partial charge is 0.258 e. The zero-order valence-corrected chi connectivity index (χ0v) is 10.8. The van der Waals surface area contributed by atoms with Crippen molar-refractivity contribution < 1.29 is 14.0 Å². The molecule has 0 aliphatic carbocycles. The molecule has 0 spiro atoms. The molecule has 1 aliphatic heterocycles. The Kier molecular flexibility index (Phi) is 4.09. The highest BCUT2D eigenvalue weighted by Gasteiger charge is 2.23. The van der Waals surface area contributed by atoms with Gasteiger partial charge in [-0.1, -0.05) is 0 Å². The predicted molar refractivity (Wildman–Crippen MR) is 67.0 cm³/mol. The fourth-order valence-corrected chi connectivity index (χ4v) is 2.15. The molecule has 6 heteroatoms. The summed E-state index contributed by atoms with van der Waals surface area (Å²) >= 11 is 0. The van der Waals surface area contributed by atoms with E-state index in [0.717, 1.165) is 0 Å². The number of halogens is 1. The summed E-state index contributed by atoms with van der Waals surface area (Å²) in [5.41, 5.74) is -0.0150. The molecule has 102 valence electrons. The van der Waals surface area contributed by atoms with Gasteiger partial charge in [-0.3, -0.25) is 9.59 Å². The van der Waals surface area contributed by atoms with Gasteiger partial charge in [-0.2, -0.15) is 4.39 Å². The molecule has 0 radical (unpaired) electrons. The summed E-state index contributed by atoms with van der Waals surface area (Å²) in [7, 11) is 0. The van der Waals surface area contributed by atoms with Gasteiger partial charge in [-0.05, 0) is 18.6 Å². The minimum absolute atomic E-state index is 0.00172. The van der Waals surface area contributed by atoms with Crippen LogP contribution in [-0.4, -0.2) is 52.8 Å². The topological polar surface area (TPSA) is 53.5 Å². The van der Waals surface area contributed by atoms with Crippen molar-refractivity contribution in [1.82, 2.24) is 14.8 Å². The molecule has 5 nitrogen and oxygen atoms in total. The van der Waals surface area contributed by atoms with Crippen LogP contribution >= 0.6 is 0 Å². The van der Waals surface area contributed by atoms with Crippen LogP contribution in [0.25, 0.3) is 0 Å². The van der Waals surface area contributed by atoms with E-state index in [1.807, 2.05) is 0 Å². The molecule has 2 amide bonds. The van der Waals surface area contributed by atoms with Crippen LogP contribution in [-0.2, 0) is 4.79 Å². The first-order valence-electron chi connectivity index (χ1n) is 6.25. The van der Waals surface area contributed by atoms with E-state index in [1.54, 1.807) is 9.80 Å². The first kappa shape index (κ1) is 13.5. The van der Waals surface area contributed by atoms with Crippen LogP contribution in [0.15, 0.2) is 18.3 Å². The van der Waals surface area contributed by atoms with E-state index in [-0.39, 0.29) is 17.4 Å². The monoisotopic (exact) mass is 265 g/mol. The third-order valence-electron chi connectivity index (χ3n) is 3.22. The molecule has 19 heavy (non-hydrogen) atoms. The molecule has 0 atom stereocenters. The zero-order chi connectivity index (χ0) is 13.8. The fourth-order valence-electron chi connectivity index (χ4n) is 2.15. The Morgan fingerprint density at radius 1 is 1.21 bits per heavy atom. The van der Waals surface area contributed by atoms with Crippen LogP contribution in [0.1, 0.15) is 23.7 Å². The number of aromatic nitrogens is 1. The second-order valence-corrected chi connectivity index (χ2v) is 4.49. The summed E-state index contributed by atoms with van der Waals surface area (Å²) in [6.07, 6.45) is 2.01. The van der Waals surface area contributed by atoms with Gasteiger partial charge in [0.2, 0.25) is 11.9 Å². The van der Waals surface area contributed by atoms with Gasteiger partial charge in [0.1, 0.15) is 0 Å². The van der Waals surface area contributed by atoms with Gasteiger partial charge in [0.15, 0.2) is 0 Å². The number of pyridine rings is 1. The SMILES string of the molecule is CC(=O)N1CCCN(C(=O)c2cccnc2F)CC1. The van der Waals surface area contributed by atoms with Crippen LogP contribution in [0.2, 0.25) is 0 Å². The maximum atomic E-state index is 13.5. The van der Waals surface area contributed by atoms with E-state index < -0.39 is 5.95 Å². The Morgan fingerprint density at radius 3 is 2.58 bits per heavy atom. The van der Waals surface area contributed by atoms with Crippen molar-refractivity contribution in [2.24, 2.45) is 0 Å². The van der Waals surface area contributed by atoms with Crippen LogP contribution < -0.4 is 0 Å². The highest BCUT2D eigenvalue weighted by Crippen LogP contribution is 2.11. The summed E-state index contributed by atoms with van der Waals surface area (Å²) in [6, 6.07) is 2.97. The van der Waals surface area contributed by atoms with Crippen LogP contribution in [0.5, 0.6) is 0 Å². The lowest BCUT2D eigenvalue weighted by atomic mass is 10.2. The van der Waals surface area contributed by atoms with E-state index in [9.17, 15) is 14.0 Å². The van der Waals surface area contributed by atoms with Crippen LogP contribution in [0.3, 0.4) is 0 Å². The molecule has 1 fully saturated rings. The average Bonchev–Trinajstić information content (AvgIpc) is 2.64. The summed E-state index contributed by atoms with van der Waals surface area (Å²) in [5.74, 6) is -1.11. The van der Waals surface area contributed by atoms with Gasteiger partial charge >= 0.3 is 0 Å². The quantitative estimate of drug-likeness (QED) is 0.709. The molecule has 0 saturated carbocycles. The second kappa shape index (κ2) is 5.77. The zero-order valence-electron chi connectivity index (χ0n) is 10.8. The maximum absolute atomic E-state index is 13.5.